The van der Waals surface area contributed by atoms with Crippen LogP contribution in [0.4, 0.5) is 0 Å². The van der Waals surface area contributed by atoms with Crippen LogP contribution >= 0.6 is 0 Å². The summed E-state index contributed by atoms with van der Waals surface area (Å²) in [5.74, 6) is -1.20. The van der Waals surface area contributed by atoms with Gasteiger partial charge in [0.1, 0.15) is 5.54 Å². The molecule has 7 nitrogen and oxygen atoms in total. The van der Waals surface area contributed by atoms with Gasteiger partial charge in [0.25, 0.3) is 10.0 Å². The van der Waals surface area contributed by atoms with E-state index in [9.17, 15) is 13.2 Å². The predicted molar refractivity (Wildman–Crippen MR) is 64.5 cm³/mol. The van der Waals surface area contributed by atoms with Crippen molar-refractivity contribution < 1.29 is 18.3 Å². The van der Waals surface area contributed by atoms with Gasteiger partial charge in [-0.25, -0.2) is 8.42 Å². The minimum absolute atomic E-state index is 0.0290. The first-order valence-corrected chi connectivity index (χ1v) is 6.84. The molecule has 102 valence electrons. The third kappa shape index (κ3) is 2.25. The lowest BCUT2D eigenvalue weighted by atomic mass is 10.1. The van der Waals surface area contributed by atoms with Crippen LogP contribution in [-0.2, 0) is 21.9 Å². The molecule has 1 aromatic heterocycles. The van der Waals surface area contributed by atoms with E-state index in [-0.39, 0.29) is 11.6 Å². The smallest absolute Gasteiger partial charge is 0.324 e. The number of aromatic nitrogens is 2. The molecule has 0 saturated carbocycles. The Balaban J connectivity index is 3.34. The zero-order chi connectivity index (χ0) is 14.1. The number of carboxylic acids is 1. The minimum Gasteiger partial charge on any atom is -0.480 e. The van der Waals surface area contributed by atoms with Crippen LogP contribution in [0.3, 0.4) is 0 Å². The lowest BCUT2D eigenvalue weighted by Crippen LogP contribution is -2.53. The van der Waals surface area contributed by atoms with Crippen molar-refractivity contribution in [1.29, 1.82) is 0 Å². The Hall–Kier alpha value is -1.41. The molecule has 0 aliphatic rings. The van der Waals surface area contributed by atoms with Gasteiger partial charge in [0.2, 0.25) is 0 Å². The van der Waals surface area contributed by atoms with Crippen molar-refractivity contribution in [2.24, 2.45) is 7.05 Å². The van der Waals surface area contributed by atoms with Crippen molar-refractivity contribution >= 4 is 16.0 Å². The van der Waals surface area contributed by atoms with Crippen LogP contribution in [0.1, 0.15) is 20.8 Å². The van der Waals surface area contributed by atoms with Crippen LogP contribution in [0.25, 0.3) is 0 Å². The van der Waals surface area contributed by atoms with Gasteiger partial charge in [-0.2, -0.15) is 9.40 Å². The number of hydrogen-bond acceptors (Lipinski definition) is 4. The molecule has 0 unspecified atom stereocenters. The van der Waals surface area contributed by atoms with E-state index in [1.54, 1.807) is 6.92 Å². The summed E-state index contributed by atoms with van der Waals surface area (Å²) in [5.41, 5.74) is -1.52. The summed E-state index contributed by atoms with van der Waals surface area (Å²) in [4.78, 5) is 11.2. The Labute approximate surface area is 106 Å². The van der Waals surface area contributed by atoms with Crippen molar-refractivity contribution in [3.8, 4) is 0 Å². The van der Waals surface area contributed by atoms with Crippen molar-refractivity contribution in [3.63, 3.8) is 0 Å². The Bertz CT molecular complexity index is 547. The summed E-state index contributed by atoms with van der Waals surface area (Å²) in [6, 6.07) is 1.34. The first-order valence-electron chi connectivity index (χ1n) is 5.40. The average molecular weight is 275 g/mol. The molecule has 0 saturated heterocycles. The Morgan fingerprint density at radius 3 is 2.44 bits per heavy atom. The molecule has 1 N–H and O–H groups in total. The molecule has 1 rings (SSSR count). The number of carboxylic acid groups (broad SMARTS) is 1. The molecule has 1 heterocycles. The van der Waals surface area contributed by atoms with E-state index in [4.69, 9.17) is 5.11 Å². The summed E-state index contributed by atoms with van der Waals surface area (Å²) in [7, 11) is -2.39. The summed E-state index contributed by atoms with van der Waals surface area (Å²) >= 11 is 0. The van der Waals surface area contributed by atoms with Gasteiger partial charge in [-0.1, -0.05) is 6.92 Å². The third-order valence-electron chi connectivity index (χ3n) is 2.76. The van der Waals surface area contributed by atoms with Gasteiger partial charge in [-0.05, 0) is 19.9 Å². The van der Waals surface area contributed by atoms with Gasteiger partial charge in [0.05, 0.1) is 6.20 Å². The zero-order valence-electron chi connectivity index (χ0n) is 10.8. The SMILES string of the molecule is CCN(C(C)(C)C(=O)O)S(=O)(=O)c1ccnn1C. The van der Waals surface area contributed by atoms with E-state index in [1.807, 2.05) is 0 Å². The van der Waals surface area contributed by atoms with Crippen LogP contribution in [0.5, 0.6) is 0 Å². The largest absolute Gasteiger partial charge is 0.480 e. The number of carbonyl (C=O) groups is 1. The summed E-state index contributed by atoms with van der Waals surface area (Å²) < 4.78 is 26.9. The molecule has 0 bridgehead atoms. The number of likely N-dealkylation sites (N-methyl/N-ethyl adjacent to an activating group) is 1. The maximum atomic E-state index is 12.4. The molecule has 0 atom stereocenters. The monoisotopic (exact) mass is 275 g/mol. The minimum atomic E-state index is -3.89. The fourth-order valence-electron chi connectivity index (χ4n) is 1.70. The van der Waals surface area contributed by atoms with Gasteiger partial charge >= 0.3 is 5.97 Å². The van der Waals surface area contributed by atoms with Crippen LogP contribution in [0.15, 0.2) is 17.3 Å². The van der Waals surface area contributed by atoms with Crippen molar-refractivity contribution in [1.82, 2.24) is 14.1 Å². The number of nitrogens with zero attached hydrogens (tertiary/aromatic N) is 3. The first kappa shape index (κ1) is 14.7. The van der Waals surface area contributed by atoms with Crippen molar-refractivity contribution in [3.05, 3.63) is 12.3 Å². The normalized spacial score (nSPS) is 12.9. The fraction of sp³-hybridized carbons (Fsp3) is 0.600. The molecule has 0 aliphatic heterocycles. The molecule has 18 heavy (non-hydrogen) atoms. The van der Waals surface area contributed by atoms with Gasteiger partial charge in [0.15, 0.2) is 5.03 Å². The second kappa shape index (κ2) is 4.69. The lowest BCUT2D eigenvalue weighted by molar-refractivity contribution is -0.146. The van der Waals surface area contributed by atoms with E-state index >= 15 is 0 Å². The Kier molecular flexibility index (Phi) is 3.82. The molecule has 0 aliphatic carbocycles. The van der Waals surface area contributed by atoms with E-state index in [0.717, 1.165) is 4.31 Å². The van der Waals surface area contributed by atoms with E-state index < -0.39 is 21.5 Å². The highest BCUT2D eigenvalue weighted by Crippen LogP contribution is 2.24. The van der Waals surface area contributed by atoms with Crippen LogP contribution in [-0.4, -0.2) is 45.7 Å². The standard InChI is InChI=1S/C10H17N3O4S/c1-5-13(10(2,3)9(14)15)18(16,17)8-6-7-11-12(8)4/h6-7H,5H2,1-4H3,(H,14,15). The maximum Gasteiger partial charge on any atom is 0.324 e. The number of hydrogen-bond donors (Lipinski definition) is 1. The van der Waals surface area contributed by atoms with Crippen molar-refractivity contribution in [2.45, 2.75) is 31.3 Å². The Morgan fingerprint density at radius 2 is 2.11 bits per heavy atom. The fourth-order valence-corrected chi connectivity index (χ4v) is 3.56. The summed E-state index contributed by atoms with van der Waals surface area (Å²) in [6.07, 6.45) is 1.36. The second-order valence-corrected chi connectivity index (χ2v) is 6.14. The van der Waals surface area contributed by atoms with Gasteiger partial charge in [0, 0.05) is 13.6 Å². The summed E-state index contributed by atoms with van der Waals surface area (Å²) in [6.45, 7) is 4.37. The highest BCUT2D eigenvalue weighted by atomic mass is 32.2. The predicted octanol–water partition coefficient (Wildman–Crippen LogP) is 0.294. The number of rotatable bonds is 5. The second-order valence-electron chi connectivity index (χ2n) is 4.33. The molecular formula is C10H17N3O4S. The number of aliphatic carboxylic acids is 1. The van der Waals surface area contributed by atoms with E-state index in [0.29, 0.717) is 0 Å². The van der Waals surface area contributed by atoms with Crippen LogP contribution < -0.4 is 0 Å². The molecule has 0 spiro atoms. The molecule has 8 heteroatoms. The molecule has 1 aromatic rings. The van der Waals surface area contributed by atoms with Gasteiger partial charge < -0.3 is 5.11 Å². The van der Waals surface area contributed by atoms with E-state index in [2.05, 4.69) is 5.10 Å². The molecular weight excluding hydrogens is 258 g/mol. The van der Waals surface area contributed by atoms with Crippen LogP contribution in [0, 0.1) is 0 Å². The molecule has 0 aromatic carbocycles. The average Bonchev–Trinajstić information content (AvgIpc) is 2.64. The maximum absolute atomic E-state index is 12.4. The Morgan fingerprint density at radius 1 is 1.56 bits per heavy atom. The molecule has 0 fully saturated rings. The van der Waals surface area contributed by atoms with Crippen molar-refractivity contribution in [2.75, 3.05) is 6.54 Å². The lowest BCUT2D eigenvalue weighted by Gasteiger charge is -2.32. The molecule has 0 amide bonds. The highest BCUT2D eigenvalue weighted by Gasteiger charge is 2.42. The van der Waals surface area contributed by atoms with Gasteiger partial charge in [-0.15, -0.1) is 0 Å². The number of aryl methyl sites for hydroxylation is 1. The van der Waals surface area contributed by atoms with Gasteiger partial charge in [-0.3, -0.25) is 9.48 Å². The highest BCUT2D eigenvalue weighted by molar-refractivity contribution is 7.89. The quantitative estimate of drug-likeness (QED) is 0.834. The zero-order valence-corrected chi connectivity index (χ0v) is 11.6. The molecule has 0 radical (unpaired) electrons. The topological polar surface area (TPSA) is 92.5 Å². The van der Waals surface area contributed by atoms with E-state index in [1.165, 1.54) is 37.8 Å². The number of sulfonamides is 1. The summed E-state index contributed by atoms with van der Waals surface area (Å²) in [5, 5.41) is 12.9. The van der Waals surface area contributed by atoms with Crippen LogP contribution in [0.2, 0.25) is 0 Å². The third-order valence-corrected chi connectivity index (χ3v) is 4.99. The first-order chi connectivity index (χ1) is 8.15.